The number of likely N-dealkylation sites (tertiary alicyclic amines) is 1. The zero-order chi connectivity index (χ0) is 11.9. The summed E-state index contributed by atoms with van der Waals surface area (Å²) in [5.41, 5.74) is 1.31. The van der Waals surface area contributed by atoms with E-state index in [4.69, 9.17) is 4.74 Å². The van der Waals surface area contributed by atoms with Crippen LogP contribution >= 0.6 is 0 Å². The zero-order valence-corrected chi connectivity index (χ0v) is 12.9. The van der Waals surface area contributed by atoms with Gasteiger partial charge in [-0.2, -0.15) is 0 Å². The number of hydrogen-bond acceptors (Lipinski definition) is 2. The first-order valence-electron chi connectivity index (χ1n) is 6.04. The Balaban J connectivity index is 2.01. The van der Waals surface area contributed by atoms with Crippen LogP contribution < -0.4 is 0 Å². The fourth-order valence-electron chi connectivity index (χ4n) is 3.05. The van der Waals surface area contributed by atoms with Crippen molar-refractivity contribution in [1.82, 2.24) is 4.90 Å². The average Bonchev–Trinajstić information content (AvgIpc) is 2.85. The summed E-state index contributed by atoms with van der Waals surface area (Å²) in [4.78, 5) is 2.42. The second-order valence-corrected chi connectivity index (χ2v) is 6.79. The molecule has 1 spiro atoms. The summed E-state index contributed by atoms with van der Waals surface area (Å²) in [6.07, 6.45) is 3.49. The van der Waals surface area contributed by atoms with Gasteiger partial charge in [-0.1, -0.05) is 0 Å². The molecule has 2 heterocycles. The number of hydrogen-bond donors (Lipinski definition) is 0. The Morgan fingerprint density at radius 2 is 2.12 bits per heavy atom. The van der Waals surface area contributed by atoms with E-state index in [1.807, 2.05) is 0 Å². The van der Waals surface area contributed by atoms with Crippen LogP contribution in [0.1, 0.15) is 18.0 Å². The van der Waals surface area contributed by atoms with E-state index in [0.29, 0.717) is 6.04 Å². The molecule has 1 aromatic rings. The first-order valence-corrected chi connectivity index (χ1v) is 7.46. The molecule has 2 aliphatic heterocycles. The minimum atomic E-state index is -0.0606. The molecule has 0 bridgehead atoms. The number of rotatable bonds is 1. The van der Waals surface area contributed by atoms with E-state index in [-0.39, 0.29) is 5.60 Å². The molecule has 2 unspecified atom stereocenters. The van der Waals surface area contributed by atoms with Crippen LogP contribution in [0.2, 0.25) is 0 Å². The van der Waals surface area contributed by atoms with Gasteiger partial charge >= 0.3 is 116 Å². The summed E-state index contributed by atoms with van der Waals surface area (Å²) >= 11 is 1.49. The Morgan fingerprint density at radius 1 is 1.35 bits per heavy atom. The quantitative estimate of drug-likeness (QED) is 0.728. The molecular weight excluding hydrogens is 317 g/mol. The monoisotopic (exact) mass is 334 g/mol. The molecule has 3 radical (unpaired) electrons. The number of ether oxygens (including phenoxy) is 1. The third-order valence-electron chi connectivity index (χ3n) is 3.79. The van der Waals surface area contributed by atoms with Crippen molar-refractivity contribution in [3.05, 3.63) is 45.6 Å². The van der Waals surface area contributed by atoms with Crippen LogP contribution in [-0.2, 0) is 4.74 Å². The Kier molecular flexibility index (Phi) is 3.05. The van der Waals surface area contributed by atoms with Gasteiger partial charge in [-0.25, -0.2) is 0 Å². The standard InChI is InChI=1S/C14H16NO.Sn/c1-15-10-9-14(8-5-11-16-14)13(15)12-6-3-2-4-7-12;/h2-4,6-8,13H,9-11H2,1H3;. The van der Waals surface area contributed by atoms with E-state index in [1.54, 1.807) is 0 Å². The summed E-state index contributed by atoms with van der Waals surface area (Å²) in [6.45, 7) is 1.94. The van der Waals surface area contributed by atoms with E-state index >= 15 is 0 Å². The van der Waals surface area contributed by atoms with Crippen LogP contribution in [0.5, 0.6) is 0 Å². The summed E-state index contributed by atoms with van der Waals surface area (Å²) in [7, 11) is 2.20. The van der Waals surface area contributed by atoms with Gasteiger partial charge in [0.25, 0.3) is 0 Å². The molecule has 1 aromatic carbocycles. The molecule has 0 N–H and O–H groups in total. The van der Waals surface area contributed by atoms with Crippen LogP contribution in [0, 0.1) is 0 Å². The molecular formula is C14H16NOSn. The molecule has 0 aliphatic carbocycles. The normalized spacial score (nSPS) is 33.3. The topological polar surface area (TPSA) is 12.5 Å². The molecule has 1 saturated heterocycles. The van der Waals surface area contributed by atoms with Gasteiger partial charge in [-0.3, -0.25) is 0 Å². The van der Waals surface area contributed by atoms with E-state index in [0.717, 1.165) is 19.6 Å². The Hall–Kier alpha value is -0.321. The first-order chi connectivity index (χ1) is 8.21. The van der Waals surface area contributed by atoms with Crippen LogP contribution in [0.3, 0.4) is 0 Å². The van der Waals surface area contributed by atoms with Crippen molar-refractivity contribution in [2.75, 3.05) is 20.2 Å². The van der Waals surface area contributed by atoms with Crippen molar-refractivity contribution >= 4 is 22.5 Å². The SMILES string of the molecule is CN1CCC2(C=[C]([Sn])CO2)C1c1ccccc1. The van der Waals surface area contributed by atoms with Gasteiger partial charge in [0.05, 0.1) is 0 Å². The second kappa shape index (κ2) is 4.41. The summed E-state index contributed by atoms with van der Waals surface area (Å²) in [6, 6.07) is 11.1. The van der Waals surface area contributed by atoms with Crippen molar-refractivity contribution in [2.45, 2.75) is 18.1 Å². The molecule has 2 atom stereocenters. The van der Waals surface area contributed by atoms with Crippen molar-refractivity contribution < 1.29 is 4.74 Å². The molecule has 3 heteroatoms. The van der Waals surface area contributed by atoms with Gasteiger partial charge in [0, 0.05) is 0 Å². The minimum absolute atomic E-state index is 0.0606. The van der Waals surface area contributed by atoms with E-state index in [2.05, 4.69) is 48.4 Å². The van der Waals surface area contributed by atoms with Gasteiger partial charge in [0.1, 0.15) is 0 Å². The molecule has 2 aliphatic rings. The average molecular weight is 333 g/mol. The Labute approximate surface area is 116 Å². The van der Waals surface area contributed by atoms with Gasteiger partial charge in [-0.05, 0) is 0 Å². The van der Waals surface area contributed by atoms with Crippen molar-refractivity contribution in [1.29, 1.82) is 0 Å². The molecule has 0 saturated carbocycles. The van der Waals surface area contributed by atoms with Gasteiger partial charge in [-0.15, -0.1) is 0 Å². The summed E-state index contributed by atoms with van der Waals surface area (Å²) < 4.78 is 7.59. The van der Waals surface area contributed by atoms with Gasteiger partial charge in [0.2, 0.25) is 0 Å². The first kappa shape index (κ1) is 11.8. The summed E-state index contributed by atoms with van der Waals surface area (Å²) in [5.74, 6) is 0. The molecule has 87 valence electrons. The molecule has 3 rings (SSSR count). The predicted molar refractivity (Wildman–Crippen MR) is 69.0 cm³/mol. The van der Waals surface area contributed by atoms with Crippen LogP contribution in [0.15, 0.2) is 40.0 Å². The fourth-order valence-corrected chi connectivity index (χ4v) is 3.96. The van der Waals surface area contributed by atoms with E-state index in [9.17, 15) is 0 Å². The molecule has 0 amide bonds. The van der Waals surface area contributed by atoms with Crippen molar-refractivity contribution in [3.63, 3.8) is 0 Å². The zero-order valence-electron chi connectivity index (χ0n) is 10.0. The van der Waals surface area contributed by atoms with E-state index < -0.39 is 0 Å². The molecule has 1 fully saturated rings. The Bertz CT molecular complexity index is 445. The van der Waals surface area contributed by atoms with Crippen LogP contribution in [0.4, 0.5) is 0 Å². The molecule has 2 nitrogen and oxygen atoms in total. The third-order valence-corrected chi connectivity index (χ3v) is 4.61. The summed E-state index contributed by atoms with van der Waals surface area (Å²) in [5, 5.41) is 0. The Morgan fingerprint density at radius 3 is 2.76 bits per heavy atom. The predicted octanol–water partition coefficient (Wildman–Crippen LogP) is 1.88. The van der Waals surface area contributed by atoms with Gasteiger partial charge in [0.15, 0.2) is 0 Å². The molecule has 0 aromatic heterocycles. The van der Waals surface area contributed by atoms with Crippen molar-refractivity contribution in [3.8, 4) is 0 Å². The van der Waals surface area contributed by atoms with Crippen LogP contribution in [0.25, 0.3) is 0 Å². The number of benzene rings is 1. The van der Waals surface area contributed by atoms with Crippen molar-refractivity contribution in [2.24, 2.45) is 0 Å². The number of nitrogens with zero attached hydrogens (tertiary/aromatic N) is 1. The number of likely N-dealkylation sites (N-methyl/N-ethyl adjacent to an activating group) is 1. The maximum atomic E-state index is 6.14. The second-order valence-electron chi connectivity index (χ2n) is 4.96. The maximum absolute atomic E-state index is 6.14. The van der Waals surface area contributed by atoms with E-state index in [1.165, 1.54) is 31.7 Å². The third kappa shape index (κ3) is 1.96. The fraction of sp³-hybridized carbons (Fsp3) is 0.429. The van der Waals surface area contributed by atoms with Crippen LogP contribution in [-0.4, -0.2) is 53.2 Å². The molecule has 17 heavy (non-hydrogen) atoms. The van der Waals surface area contributed by atoms with Gasteiger partial charge < -0.3 is 0 Å².